The van der Waals surface area contributed by atoms with Gasteiger partial charge in [-0.05, 0) is 36.4 Å². The van der Waals surface area contributed by atoms with Crippen LogP contribution in [0.2, 0.25) is 5.02 Å². The number of benzene rings is 2. The van der Waals surface area contributed by atoms with Gasteiger partial charge in [-0.1, -0.05) is 23.7 Å². The summed E-state index contributed by atoms with van der Waals surface area (Å²) in [5, 5.41) is 0.627. The Balaban J connectivity index is 2.15. The molecule has 0 amide bonds. The van der Waals surface area contributed by atoms with Gasteiger partial charge in [0.2, 0.25) is 5.78 Å². The largest absolute Gasteiger partial charge is 0.463 e. The molecule has 6 heteroatoms. The van der Waals surface area contributed by atoms with Crippen LogP contribution >= 0.6 is 11.6 Å². The fourth-order valence-electron chi connectivity index (χ4n) is 1.91. The van der Waals surface area contributed by atoms with Gasteiger partial charge in [-0.2, -0.15) is 0 Å². The first-order valence-electron chi connectivity index (χ1n) is 7.08. The van der Waals surface area contributed by atoms with Crippen molar-refractivity contribution >= 4 is 28.9 Å². The summed E-state index contributed by atoms with van der Waals surface area (Å²) in [6.45, 7) is 1.24. The highest BCUT2D eigenvalue weighted by Gasteiger charge is 2.10. The van der Waals surface area contributed by atoms with Crippen LogP contribution in [-0.4, -0.2) is 18.7 Å². The molecule has 124 valence electrons. The van der Waals surface area contributed by atoms with Gasteiger partial charge in [0.05, 0.1) is 7.11 Å². The second kappa shape index (κ2) is 8.29. The van der Waals surface area contributed by atoms with Crippen molar-refractivity contribution < 1.29 is 19.2 Å². The quantitative estimate of drug-likeness (QED) is 0.359. The topological polar surface area (TPSA) is 64.6 Å². The van der Waals surface area contributed by atoms with Crippen LogP contribution in [0.5, 0.6) is 5.75 Å². The summed E-state index contributed by atoms with van der Waals surface area (Å²) in [6.07, 6.45) is 1.48. The summed E-state index contributed by atoms with van der Waals surface area (Å²) in [5.74, 6) is -0.516. The van der Waals surface area contributed by atoms with Crippen LogP contribution in [0.25, 0.3) is 5.70 Å². The number of Topliss-reactive ketones (excluding diaryl/α,β-unsaturated/α-hetero) is 2. The van der Waals surface area contributed by atoms with Crippen LogP contribution in [0.15, 0.2) is 54.8 Å². The number of ether oxygens (including phenoxy) is 1. The highest BCUT2D eigenvalue weighted by atomic mass is 35.5. The molecule has 5 nitrogen and oxygen atoms in total. The predicted molar refractivity (Wildman–Crippen MR) is 91.7 cm³/mol. The average Bonchev–Trinajstić information content (AvgIpc) is 2.59. The molecule has 0 bridgehead atoms. The van der Waals surface area contributed by atoms with E-state index in [-0.39, 0.29) is 0 Å². The molecule has 0 saturated carbocycles. The number of hydrogen-bond donors (Lipinski definition) is 1. The van der Waals surface area contributed by atoms with E-state index in [9.17, 15) is 9.59 Å². The molecule has 0 saturated heterocycles. The molecule has 0 aliphatic heterocycles. The number of halogens is 1. The van der Waals surface area contributed by atoms with Crippen molar-refractivity contribution in [1.82, 2.24) is 5.48 Å². The first-order valence-corrected chi connectivity index (χ1v) is 7.46. The zero-order chi connectivity index (χ0) is 17.5. The molecule has 2 aromatic rings. The highest BCUT2D eigenvalue weighted by molar-refractivity contribution is 6.42. The second-order valence-corrected chi connectivity index (χ2v) is 5.31. The number of hydroxylamine groups is 1. The SMILES string of the molecule is CONC(=COc1ccc(C(=O)C(C)=O)cc1)c1ccc(Cl)cc1. The summed E-state index contributed by atoms with van der Waals surface area (Å²) in [5.41, 5.74) is 4.47. The molecule has 0 aliphatic carbocycles. The van der Waals surface area contributed by atoms with E-state index in [1.54, 1.807) is 36.4 Å². The van der Waals surface area contributed by atoms with Crippen molar-refractivity contribution in [2.24, 2.45) is 0 Å². The third-order valence-corrected chi connectivity index (χ3v) is 3.37. The number of hydrogen-bond acceptors (Lipinski definition) is 5. The van der Waals surface area contributed by atoms with Crippen molar-refractivity contribution in [1.29, 1.82) is 0 Å². The molecule has 2 aromatic carbocycles. The van der Waals surface area contributed by atoms with Gasteiger partial charge in [-0.25, -0.2) is 0 Å². The first-order chi connectivity index (χ1) is 11.5. The Labute approximate surface area is 144 Å². The Morgan fingerprint density at radius 2 is 1.58 bits per heavy atom. The molecule has 2 rings (SSSR count). The smallest absolute Gasteiger partial charge is 0.228 e. The van der Waals surface area contributed by atoms with E-state index < -0.39 is 11.6 Å². The minimum absolute atomic E-state index is 0.326. The molecule has 0 fully saturated rings. The van der Waals surface area contributed by atoms with Crippen LogP contribution in [0.1, 0.15) is 22.8 Å². The van der Waals surface area contributed by atoms with Crippen molar-refractivity contribution in [3.05, 3.63) is 70.9 Å². The van der Waals surface area contributed by atoms with Crippen LogP contribution in [0.4, 0.5) is 0 Å². The predicted octanol–water partition coefficient (Wildman–Crippen LogP) is 3.64. The lowest BCUT2D eigenvalue weighted by Gasteiger charge is -2.10. The van der Waals surface area contributed by atoms with E-state index in [0.717, 1.165) is 5.56 Å². The van der Waals surface area contributed by atoms with Gasteiger partial charge in [0.1, 0.15) is 17.7 Å². The average molecular weight is 346 g/mol. The summed E-state index contributed by atoms with van der Waals surface area (Å²) >= 11 is 5.88. The summed E-state index contributed by atoms with van der Waals surface area (Å²) < 4.78 is 5.57. The van der Waals surface area contributed by atoms with E-state index in [0.29, 0.717) is 22.0 Å². The lowest BCUT2D eigenvalue weighted by molar-refractivity contribution is -0.113. The number of carbonyl (C=O) groups excluding carboxylic acids is 2. The third-order valence-electron chi connectivity index (χ3n) is 3.12. The first kappa shape index (κ1) is 17.7. The molecular weight excluding hydrogens is 330 g/mol. The fraction of sp³-hybridized carbons (Fsp3) is 0.111. The normalized spacial score (nSPS) is 11.0. The molecule has 0 radical (unpaired) electrons. The number of rotatable bonds is 7. The molecule has 0 heterocycles. The molecule has 0 spiro atoms. The zero-order valence-electron chi connectivity index (χ0n) is 13.2. The van der Waals surface area contributed by atoms with Gasteiger partial charge < -0.3 is 4.74 Å². The maximum absolute atomic E-state index is 11.6. The maximum Gasteiger partial charge on any atom is 0.228 e. The standard InChI is InChI=1S/C18H16ClNO4/c1-12(21)18(22)14-5-9-16(10-6-14)24-11-17(20-23-2)13-3-7-15(19)8-4-13/h3-11,20H,1-2H3. The van der Waals surface area contributed by atoms with Crippen molar-refractivity contribution in [2.75, 3.05) is 7.11 Å². The monoisotopic (exact) mass is 345 g/mol. The Hall–Kier alpha value is -2.63. The summed E-state index contributed by atoms with van der Waals surface area (Å²) in [7, 11) is 1.49. The van der Waals surface area contributed by atoms with Crippen molar-refractivity contribution in [3.63, 3.8) is 0 Å². The van der Waals surface area contributed by atoms with Crippen molar-refractivity contribution in [2.45, 2.75) is 6.92 Å². The van der Waals surface area contributed by atoms with E-state index in [1.165, 1.54) is 20.3 Å². The molecule has 0 atom stereocenters. The van der Waals surface area contributed by atoms with Gasteiger partial charge in [-0.3, -0.25) is 19.9 Å². The van der Waals surface area contributed by atoms with Gasteiger partial charge in [0, 0.05) is 23.1 Å². The molecule has 24 heavy (non-hydrogen) atoms. The zero-order valence-corrected chi connectivity index (χ0v) is 14.0. The molecule has 0 aromatic heterocycles. The molecule has 0 aliphatic rings. The molecular formula is C18H16ClNO4. The summed E-state index contributed by atoms with van der Waals surface area (Å²) in [6, 6.07) is 13.4. The summed E-state index contributed by atoms with van der Waals surface area (Å²) in [4.78, 5) is 27.6. The van der Waals surface area contributed by atoms with Crippen LogP contribution in [-0.2, 0) is 9.63 Å². The second-order valence-electron chi connectivity index (χ2n) is 4.87. The van der Waals surface area contributed by atoms with Gasteiger partial charge >= 0.3 is 0 Å². The van der Waals surface area contributed by atoms with Gasteiger partial charge in [0.25, 0.3) is 0 Å². The maximum atomic E-state index is 11.6. The van der Waals surface area contributed by atoms with Gasteiger partial charge in [-0.15, -0.1) is 0 Å². The Morgan fingerprint density at radius 1 is 1.00 bits per heavy atom. The minimum Gasteiger partial charge on any atom is -0.463 e. The highest BCUT2D eigenvalue weighted by Crippen LogP contribution is 2.18. The third kappa shape index (κ3) is 4.68. The van der Waals surface area contributed by atoms with E-state index >= 15 is 0 Å². The molecule has 0 unspecified atom stereocenters. The molecule has 1 N–H and O–H groups in total. The van der Waals surface area contributed by atoms with Gasteiger partial charge in [0.15, 0.2) is 5.78 Å². The van der Waals surface area contributed by atoms with E-state index in [4.69, 9.17) is 21.2 Å². The lowest BCUT2D eigenvalue weighted by atomic mass is 10.1. The van der Waals surface area contributed by atoms with E-state index in [2.05, 4.69) is 5.48 Å². The Morgan fingerprint density at radius 3 is 2.12 bits per heavy atom. The number of ketones is 2. The Kier molecular flexibility index (Phi) is 6.12. The Bertz CT molecular complexity index is 752. The van der Waals surface area contributed by atoms with Crippen LogP contribution in [0, 0.1) is 0 Å². The number of nitrogens with one attached hydrogen (secondary N) is 1. The van der Waals surface area contributed by atoms with E-state index in [1.807, 2.05) is 12.1 Å². The van der Waals surface area contributed by atoms with Crippen LogP contribution in [0.3, 0.4) is 0 Å². The van der Waals surface area contributed by atoms with Crippen molar-refractivity contribution in [3.8, 4) is 5.75 Å². The fourth-order valence-corrected chi connectivity index (χ4v) is 2.03. The minimum atomic E-state index is -0.528. The number of carbonyl (C=O) groups is 2. The van der Waals surface area contributed by atoms with Crippen LogP contribution < -0.4 is 10.2 Å². The lowest BCUT2D eigenvalue weighted by Crippen LogP contribution is -2.11.